The second kappa shape index (κ2) is 10.3. The molecule has 7 nitrogen and oxygen atoms in total. The zero-order chi connectivity index (χ0) is 21.3. The highest BCUT2D eigenvalue weighted by Gasteiger charge is 2.15. The molecule has 0 saturated heterocycles. The quantitative estimate of drug-likeness (QED) is 0.389. The summed E-state index contributed by atoms with van der Waals surface area (Å²) in [6.07, 6.45) is 3.20. The Labute approximate surface area is 178 Å². The second-order valence-electron chi connectivity index (χ2n) is 6.33. The molecule has 0 saturated carbocycles. The van der Waals surface area contributed by atoms with E-state index in [9.17, 15) is 15.2 Å². The third-order valence-electron chi connectivity index (χ3n) is 4.14. The first-order chi connectivity index (χ1) is 14.6. The van der Waals surface area contributed by atoms with Crippen LogP contribution < -0.4 is 4.74 Å². The number of aromatic amines is 1. The molecule has 2 aromatic carbocycles. The van der Waals surface area contributed by atoms with Crippen LogP contribution in [0.2, 0.25) is 0 Å². The molecule has 0 spiro atoms. The van der Waals surface area contributed by atoms with Crippen molar-refractivity contribution in [2.45, 2.75) is 31.5 Å². The molecule has 3 rings (SSSR count). The van der Waals surface area contributed by atoms with Crippen LogP contribution in [0.3, 0.4) is 0 Å². The molecule has 0 bridgehead atoms. The number of nitriles is 1. The Kier molecular flexibility index (Phi) is 7.24. The number of nitrogens with zero attached hydrogens (tertiary/aromatic N) is 3. The molecule has 3 aromatic rings. The summed E-state index contributed by atoms with van der Waals surface area (Å²) < 4.78 is 5.90. The van der Waals surface area contributed by atoms with E-state index in [1.807, 2.05) is 25.1 Å². The molecule has 0 atom stereocenters. The van der Waals surface area contributed by atoms with Gasteiger partial charge in [-0.1, -0.05) is 43.3 Å². The maximum absolute atomic E-state index is 11.8. The van der Waals surface area contributed by atoms with Crippen LogP contribution in [0, 0.1) is 11.3 Å². The third kappa shape index (κ3) is 5.49. The summed E-state index contributed by atoms with van der Waals surface area (Å²) in [5.74, 6) is 0.169. The minimum absolute atomic E-state index is 0.0746. The fourth-order valence-corrected chi connectivity index (χ4v) is 3.41. The van der Waals surface area contributed by atoms with Gasteiger partial charge in [0, 0.05) is 17.5 Å². The molecule has 0 radical (unpaired) electrons. The molecule has 0 aliphatic rings. The Balaban J connectivity index is 1.82. The maximum atomic E-state index is 11.8. The maximum Gasteiger partial charge on any atom is 0.342 e. The number of aryl methyl sites for hydroxylation is 1. The van der Waals surface area contributed by atoms with Crippen LogP contribution in [0.25, 0.3) is 6.08 Å². The van der Waals surface area contributed by atoms with E-state index in [1.165, 1.54) is 6.08 Å². The number of carboxylic acids is 1. The molecular weight excluding hydrogens is 400 g/mol. The van der Waals surface area contributed by atoms with Gasteiger partial charge in [-0.2, -0.15) is 5.26 Å². The van der Waals surface area contributed by atoms with Crippen molar-refractivity contribution in [1.29, 1.82) is 5.26 Å². The summed E-state index contributed by atoms with van der Waals surface area (Å²) in [7, 11) is 0. The first kappa shape index (κ1) is 21.1. The van der Waals surface area contributed by atoms with Gasteiger partial charge in [0.25, 0.3) is 0 Å². The zero-order valence-electron chi connectivity index (χ0n) is 16.3. The summed E-state index contributed by atoms with van der Waals surface area (Å²) in [5, 5.41) is 26.1. The van der Waals surface area contributed by atoms with Crippen LogP contribution in [0.1, 0.15) is 35.9 Å². The molecule has 152 valence electrons. The monoisotopic (exact) mass is 420 g/mol. The van der Waals surface area contributed by atoms with Crippen molar-refractivity contribution in [3.63, 3.8) is 0 Å². The van der Waals surface area contributed by atoms with E-state index < -0.39 is 5.97 Å². The Morgan fingerprint density at radius 2 is 2.03 bits per heavy atom. The van der Waals surface area contributed by atoms with E-state index in [0.717, 1.165) is 36.0 Å². The van der Waals surface area contributed by atoms with Gasteiger partial charge in [0.2, 0.25) is 5.16 Å². The Morgan fingerprint density at radius 3 is 2.80 bits per heavy atom. The second-order valence-corrected chi connectivity index (χ2v) is 7.34. The number of hydrogen-bond donors (Lipinski definition) is 2. The molecule has 30 heavy (non-hydrogen) atoms. The van der Waals surface area contributed by atoms with Crippen LogP contribution in [0.4, 0.5) is 0 Å². The molecule has 0 unspecified atom stereocenters. The van der Waals surface area contributed by atoms with Gasteiger partial charge in [-0.05, 0) is 36.4 Å². The Bertz CT molecular complexity index is 1100. The highest BCUT2D eigenvalue weighted by Crippen LogP contribution is 2.29. The molecule has 0 aliphatic heterocycles. The SMILES string of the molecule is CCCc1nc(S/C(=C\c2ccccc2OCc2ccccc2C#N)C(=O)O)n[nH]1. The number of ether oxygens (including phenoxy) is 1. The lowest BCUT2D eigenvalue weighted by Crippen LogP contribution is -2.01. The van der Waals surface area contributed by atoms with Crippen LogP contribution in [-0.2, 0) is 17.8 Å². The molecule has 0 amide bonds. The van der Waals surface area contributed by atoms with Crippen molar-refractivity contribution in [3.05, 3.63) is 76.0 Å². The van der Waals surface area contributed by atoms with E-state index >= 15 is 0 Å². The molecule has 2 N–H and O–H groups in total. The number of benzene rings is 2. The Hall–Kier alpha value is -3.57. The highest BCUT2D eigenvalue weighted by molar-refractivity contribution is 8.04. The van der Waals surface area contributed by atoms with Gasteiger partial charge in [-0.15, -0.1) is 5.10 Å². The zero-order valence-corrected chi connectivity index (χ0v) is 17.1. The number of rotatable bonds is 9. The predicted molar refractivity (Wildman–Crippen MR) is 114 cm³/mol. The fourth-order valence-electron chi connectivity index (χ4n) is 2.69. The number of aliphatic carboxylic acids is 1. The van der Waals surface area contributed by atoms with E-state index in [1.54, 1.807) is 30.3 Å². The first-order valence-electron chi connectivity index (χ1n) is 9.34. The summed E-state index contributed by atoms with van der Waals surface area (Å²) in [4.78, 5) is 16.2. The van der Waals surface area contributed by atoms with E-state index in [2.05, 4.69) is 21.3 Å². The number of hydrogen-bond acceptors (Lipinski definition) is 6. The van der Waals surface area contributed by atoms with Crippen molar-refractivity contribution in [2.75, 3.05) is 0 Å². The third-order valence-corrected chi connectivity index (χ3v) is 5.01. The van der Waals surface area contributed by atoms with E-state index in [0.29, 0.717) is 22.0 Å². The molecular formula is C22H20N4O3S. The number of aromatic nitrogens is 3. The van der Waals surface area contributed by atoms with Crippen molar-refractivity contribution in [1.82, 2.24) is 15.2 Å². The number of thioether (sulfide) groups is 1. The van der Waals surface area contributed by atoms with Crippen molar-refractivity contribution >= 4 is 23.8 Å². The van der Waals surface area contributed by atoms with Gasteiger partial charge in [-0.3, -0.25) is 5.10 Å². The first-order valence-corrected chi connectivity index (χ1v) is 10.2. The van der Waals surface area contributed by atoms with Gasteiger partial charge < -0.3 is 9.84 Å². The summed E-state index contributed by atoms with van der Waals surface area (Å²) in [6, 6.07) is 16.5. The van der Waals surface area contributed by atoms with Crippen LogP contribution in [0.5, 0.6) is 5.75 Å². The number of carboxylic acid groups (broad SMARTS) is 1. The molecule has 8 heteroatoms. The van der Waals surface area contributed by atoms with Crippen LogP contribution in [-0.4, -0.2) is 26.3 Å². The fraction of sp³-hybridized carbons (Fsp3) is 0.182. The normalized spacial score (nSPS) is 11.1. The number of para-hydroxylation sites is 1. The molecule has 1 aromatic heterocycles. The highest BCUT2D eigenvalue weighted by atomic mass is 32.2. The molecule has 1 heterocycles. The Morgan fingerprint density at radius 1 is 1.27 bits per heavy atom. The average molecular weight is 420 g/mol. The lowest BCUT2D eigenvalue weighted by Gasteiger charge is -2.11. The van der Waals surface area contributed by atoms with Crippen molar-refractivity contribution in [2.24, 2.45) is 0 Å². The van der Waals surface area contributed by atoms with E-state index in [4.69, 9.17) is 4.74 Å². The summed E-state index contributed by atoms with van der Waals surface area (Å²) >= 11 is 0.977. The van der Waals surface area contributed by atoms with Gasteiger partial charge in [0.15, 0.2) is 0 Å². The van der Waals surface area contributed by atoms with Crippen LogP contribution >= 0.6 is 11.8 Å². The minimum Gasteiger partial charge on any atom is -0.488 e. The smallest absolute Gasteiger partial charge is 0.342 e. The number of carbonyl (C=O) groups is 1. The summed E-state index contributed by atoms with van der Waals surface area (Å²) in [5.41, 5.74) is 1.91. The van der Waals surface area contributed by atoms with Gasteiger partial charge in [-0.25, -0.2) is 9.78 Å². The van der Waals surface area contributed by atoms with E-state index in [-0.39, 0.29) is 11.5 Å². The number of H-pyrrole nitrogens is 1. The summed E-state index contributed by atoms with van der Waals surface area (Å²) in [6.45, 7) is 2.23. The number of nitrogens with one attached hydrogen (secondary N) is 1. The van der Waals surface area contributed by atoms with Gasteiger partial charge >= 0.3 is 5.97 Å². The predicted octanol–water partition coefficient (Wildman–Crippen LogP) is 4.43. The van der Waals surface area contributed by atoms with Gasteiger partial charge in [0.1, 0.15) is 23.1 Å². The van der Waals surface area contributed by atoms with Gasteiger partial charge in [0.05, 0.1) is 11.6 Å². The largest absolute Gasteiger partial charge is 0.488 e. The average Bonchev–Trinajstić information content (AvgIpc) is 3.20. The lowest BCUT2D eigenvalue weighted by atomic mass is 10.1. The van der Waals surface area contributed by atoms with Crippen molar-refractivity contribution in [3.8, 4) is 11.8 Å². The van der Waals surface area contributed by atoms with Crippen molar-refractivity contribution < 1.29 is 14.6 Å². The lowest BCUT2D eigenvalue weighted by molar-refractivity contribution is -0.131. The topological polar surface area (TPSA) is 112 Å². The standard InChI is InChI=1S/C22H20N4O3S/c1-2-7-20-24-22(26-25-20)30-19(21(27)28)12-15-8-5-6-11-18(15)29-14-17-10-4-3-9-16(17)13-23/h3-6,8-12H,2,7,14H2,1H3,(H,27,28)(H,24,25,26)/b19-12-. The molecule has 0 aliphatic carbocycles. The minimum atomic E-state index is -1.08. The van der Waals surface area contributed by atoms with Crippen LogP contribution in [0.15, 0.2) is 58.6 Å². The molecule has 0 fully saturated rings.